The highest BCUT2D eigenvalue weighted by atomic mass is 32.1. The number of nitrogens with zero attached hydrogens (tertiary/aromatic N) is 1. The zero-order valence-corrected chi connectivity index (χ0v) is 8.94. The molecule has 4 heteroatoms. The van der Waals surface area contributed by atoms with Crippen molar-refractivity contribution < 1.29 is 8.78 Å². The minimum atomic E-state index is -0.571. The molecule has 0 N–H and O–H groups in total. The smallest absolute Gasteiger partial charge is 0.126 e. The monoisotopic (exact) mass is 225 g/mol. The van der Waals surface area contributed by atoms with Gasteiger partial charge >= 0.3 is 0 Å². The third-order valence-electron chi connectivity index (χ3n) is 2.02. The minimum absolute atomic E-state index is 0.497. The number of aryl methyl sites for hydroxylation is 1. The van der Waals surface area contributed by atoms with Crippen LogP contribution in [0, 0.1) is 11.6 Å². The van der Waals surface area contributed by atoms with E-state index < -0.39 is 11.6 Å². The van der Waals surface area contributed by atoms with Crippen LogP contribution in [0.1, 0.15) is 12.6 Å². The molecule has 1 aromatic heterocycles. The zero-order chi connectivity index (χ0) is 10.8. The Balaban J connectivity index is 2.44. The molecular weight excluding hydrogens is 216 g/mol. The maximum atomic E-state index is 12.9. The lowest BCUT2D eigenvalue weighted by Crippen LogP contribution is -1.84. The van der Waals surface area contributed by atoms with Crippen molar-refractivity contribution in [3.05, 3.63) is 40.9 Å². The number of aromatic nitrogens is 1. The van der Waals surface area contributed by atoms with E-state index in [1.54, 1.807) is 0 Å². The van der Waals surface area contributed by atoms with E-state index in [-0.39, 0.29) is 0 Å². The number of hydrogen-bond acceptors (Lipinski definition) is 2. The molecule has 0 aliphatic carbocycles. The Morgan fingerprint density at radius 1 is 1.20 bits per heavy atom. The van der Waals surface area contributed by atoms with Gasteiger partial charge in [0.25, 0.3) is 0 Å². The number of hydrogen-bond donors (Lipinski definition) is 0. The summed E-state index contributed by atoms with van der Waals surface area (Å²) in [5, 5.41) is 2.56. The fraction of sp³-hybridized carbons (Fsp3) is 0.182. The van der Waals surface area contributed by atoms with Crippen molar-refractivity contribution in [2.75, 3.05) is 0 Å². The van der Waals surface area contributed by atoms with Crippen molar-refractivity contribution in [3.8, 4) is 10.6 Å². The fourth-order valence-electron chi connectivity index (χ4n) is 1.28. The van der Waals surface area contributed by atoms with Gasteiger partial charge in [0, 0.05) is 17.0 Å². The Morgan fingerprint density at radius 3 is 2.40 bits per heavy atom. The van der Waals surface area contributed by atoms with Crippen molar-refractivity contribution in [1.29, 1.82) is 0 Å². The van der Waals surface area contributed by atoms with Crippen molar-refractivity contribution in [2.45, 2.75) is 13.3 Å². The Labute approximate surface area is 90.4 Å². The lowest BCUT2D eigenvalue weighted by atomic mass is 10.2. The van der Waals surface area contributed by atoms with Gasteiger partial charge in [-0.25, -0.2) is 13.8 Å². The Bertz CT molecular complexity index is 459. The van der Waals surface area contributed by atoms with Crippen LogP contribution in [0.25, 0.3) is 10.6 Å². The van der Waals surface area contributed by atoms with Crippen molar-refractivity contribution in [3.63, 3.8) is 0 Å². The van der Waals surface area contributed by atoms with E-state index in [1.165, 1.54) is 23.5 Å². The van der Waals surface area contributed by atoms with Gasteiger partial charge in [0.1, 0.15) is 16.6 Å². The first-order valence-corrected chi connectivity index (χ1v) is 5.48. The van der Waals surface area contributed by atoms with Crippen LogP contribution in [0.4, 0.5) is 8.78 Å². The maximum absolute atomic E-state index is 12.9. The summed E-state index contributed by atoms with van der Waals surface area (Å²) in [5.41, 5.74) is 1.44. The highest BCUT2D eigenvalue weighted by Gasteiger charge is 2.06. The first kappa shape index (κ1) is 10.2. The number of benzene rings is 1. The van der Waals surface area contributed by atoms with Gasteiger partial charge in [-0.15, -0.1) is 11.3 Å². The summed E-state index contributed by atoms with van der Waals surface area (Å²) in [7, 11) is 0. The summed E-state index contributed by atoms with van der Waals surface area (Å²) in [5.74, 6) is -1.14. The van der Waals surface area contributed by atoms with Crippen molar-refractivity contribution in [1.82, 2.24) is 4.98 Å². The molecule has 2 aromatic rings. The highest BCUT2D eigenvalue weighted by molar-refractivity contribution is 7.13. The van der Waals surface area contributed by atoms with E-state index in [0.29, 0.717) is 10.6 Å². The standard InChI is InChI=1S/C11H9F2NS/c1-2-10-6-15-11(14-10)7-3-8(12)5-9(13)4-7/h3-6H,2H2,1H3. The average Bonchev–Trinajstić information content (AvgIpc) is 2.64. The molecule has 0 fully saturated rings. The Morgan fingerprint density at radius 2 is 1.87 bits per heavy atom. The normalized spacial score (nSPS) is 10.6. The van der Waals surface area contributed by atoms with Crippen molar-refractivity contribution in [2.24, 2.45) is 0 Å². The average molecular weight is 225 g/mol. The molecule has 0 atom stereocenters. The fourth-order valence-corrected chi connectivity index (χ4v) is 2.17. The van der Waals surface area contributed by atoms with Gasteiger partial charge in [0.2, 0.25) is 0 Å². The zero-order valence-electron chi connectivity index (χ0n) is 8.13. The molecule has 0 aliphatic rings. The van der Waals surface area contributed by atoms with Crippen LogP contribution in [0.5, 0.6) is 0 Å². The van der Waals surface area contributed by atoms with Gasteiger partial charge in [-0.1, -0.05) is 6.92 Å². The molecule has 0 aliphatic heterocycles. The molecule has 0 bridgehead atoms. The second-order valence-corrected chi connectivity index (χ2v) is 4.01. The Hall–Kier alpha value is -1.29. The van der Waals surface area contributed by atoms with E-state index >= 15 is 0 Å². The molecule has 1 aromatic carbocycles. The second-order valence-electron chi connectivity index (χ2n) is 3.16. The first-order chi connectivity index (χ1) is 7.19. The third-order valence-corrected chi connectivity index (χ3v) is 2.96. The van der Waals surface area contributed by atoms with Crippen molar-refractivity contribution >= 4 is 11.3 Å². The van der Waals surface area contributed by atoms with Crippen LogP contribution >= 0.6 is 11.3 Å². The van der Waals surface area contributed by atoms with E-state index in [9.17, 15) is 8.78 Å². The molecule has 0 saturated heterocycles. The predicted molar refractivity (Wildman–Crippen MR) is 56.8 cm³/mol. The van der Waals surface area contributed by atoms with Gasteiger partial charge in [0.15, 0.2) is 0 Å². The van der Waals surface area contributed by atoms with Gasteiger partial charge < -0.3 is 0 Å². The van der Waals surface area contributed by atoms with Gasteiger partial charge in [-0.05, 0) is 18.6 Å². The van der Waals surface area contributed by atoms with Crippen LogP contribution in [0.2, 0.25) is 0 Å². The quantitative estimate of drug-likeness (QED) is 0.760. The lowest BCUT2D eigenvalue weighted by molar-refractivity contribution is 0.584. The molecule has 0 spiro atoms. The largest absolute Gasteiger partial charge is 0.241 e. The topological polar surface area (TPSA) is 12.9 Å². The summed E-state index contributed by atoms with van der Waals surface area (Å²) in [6.07, 6.45) is 0.828. The number of halogens is 2. The molecule has 0 amide bonds. The first-order valence-electron chi connectivity index (χ1n) is 4.60. The molecule has 0 radical (unpaired) electrons. The molecule has 0 saturated carbocycles. The Kier molecular flexibility index (Phi) is 2.77. The van der Waals surface area contributed by atoms with E-state index in [1.807, 2.05) is 12.3 Å². The molecule has 0 unspecified atom stereocenters. The van der Waals surface area contributed by atoms with Gasteiger partial charge in [0.05, 0.1) is 5.69 Å². The highest BCUT2D eigenvalue weighted by Crippen LogP contribution is 2.25. The van der Waals surface area contributed by atoms with Crippen LogP contribution < -0.4 is 0 Å². The molecule has 1 heterocycles. The molecule has 1 nitrogen and oxygen atoms in total. The number of thiazole rings is 1. The van der Waals surface area contributed by atoms with Gasteiger partial charge in [-0.2, -0.15) is 0 Å². The predicted octanol–water partition coefficient (Wildman–Crippen LogP) is 3.65. The molecule has 2 rings (SSSR count). The number of rotatable bonds is 2. The summed E-state index contributed by atoms with van der Waals surface area (Å²) < 4.78 is 25.9. The molecule has 15 heavy (non-hydrogen) atoms. The van der Waals surface area contributed by atoms with E-state index in [0.717, 1.165) is 18.2 Å². The molecule has 78 valence electrons. The summed E-state index contributed by atoms with van der Waals surface area (Å²) >= 11 is 1.40. The summed E-state index contributed by atoms with van der Waals surface area (Å²) in [4.78, 5) is 4.27. The van der Waals surface area contributed by atoms with E-state index in [4.69, 9.17) is 0 Å². The third kappa shape index (κ3) is 2.21. The second kappa shape index (κ2) is 4.06. The SMILES string of the molecule is CCc1csc(-c2cc(F)cc(F)c2)n1. The molecular formula is C11H9F2NS. The van der Waals surface area contributed by atoms with Crippen LogP contribution in [0.15, 0.2) is 23.6 Å². The van der Waals surface area contributed by atoms with E-state index in [2.05, 4.69) is 4.98 Å². The van der Waals surface area contributed by atoms with Crippen LogP contribution in [0.3, 0.4) is 0 Å². The lowest BCUT2D eigenvalue weighted by Gasteiger charge is -1.97. The summed E-state index contributed by atoms with van der Waals surface area (Å²) in [6.45, 7) is 1.99. The van der Waals surface area contributed by atoms with Gasteiger partial charge in [-0.3, -0.25) is 0 Å². The maximum Gasteiger partial charge on any atom is 0.126 e. The van der Waals surface area contributed by atoms with Crippen LogP contribution in [-0.4, -0.2) is 4.98 Å². The van der Waals surface area contributed by atoms with Crippen LogP contribution in [-0.2, 0) is 6.42 Å². The summed E-state index contributed by atoms with van der Waals surface area (Å²) in [6, 6.07) is 3.44. The minimum Gasteiger partial charge on any atom is -0.241 e.